The number of rotatable bonds is 6. The fourth-order valence-electron chi connectivity index (χ4n) is 3.86. The maximum absolute atomic E-state index is 6.24. The summed E-state index contributed by atoms with van der Waals surface area (Å²) in [4.78, 5) is 16.1. The van der Waals surface area contributed by atoms with Crippen molar-refractivity contribution in [1.82, 2.24) is 34.2 Å². The minimum atomic E-state index is 0.157. The Bertz CT molecular complexity index is 945. The number of imidazole rings is 1. The second kappa shape index (κ2) is 7.26. The molecule has 1 aliphatic heterocycles. The van der Waals surface area contributed by atoms with Crippen molar-refractivity contribution in [2.45, 2.75) is 46.3 Å². The number of aryl methyl sites for hydroxylation is 2. The Morgan fingerprint density at radius 3 is 2.85 bits per heavy atom. The first-order chi connectivity index (χ1) is 13.1. The standard InChI is InChI=1S/C19H27N7O/c1-5-8-25-9-7-14(11-25)27-19-16-18(20-12-21-19)24(4)17(23-16)15-10-22-26(6-2)13(15)3/h10,12,14H,5-9,11H2,1-4H3. The first-order valence-corrected chi connectivity index (χ1v) is 9.71. The molecule has 0 bridgehead atoms. The summed E-state index contributed by atoms with van der Waals surface area (Å²) in [5.74, 6) is 1.41. The lowest BCUT2D eigenvalue weighted by Gasteiger charge is -2.15. The molecule has 0 N–H and O–H groups in total. The highest BCUT2D eigenvalue weighted by atomic mass is 16.5. The van der Waals surface area contributed by atoms with E-state index >= 15 is 0 Å². The van der Waals surface area contributed by atoms with E-state index in [1.54, 1.807) is 6.33 Å². The van der Waals surface area contributed by atoms with Crippen molar-refractivity contribution in [3.63, 3.8) is 0 Å². The molecule has 144 valence electrons. The van der Waals surface area contributed by atoms with Gasteiger partial charge in [0.05, 0.1) is 11.8 Å². The van der Waals surface area contributed by atoms with Gasteiger partial charge in [0.15, 0.2) is 11.2 Å². The van der Waals surface area contributed by atoms with Crippen molar-refractivity contribution in [2.24, 2.45) is 7.05 Å². The Hall–Kier alpha value is -2.48. The van der Waals surface area contributed by atoms with E-state index in [1.807, 2.05) is 22.5 Å². The predicted octanol–water partition coefficient (Wildman–Crippen LogP) is 2.42. The average Bonchev–Trinajstić information content (AvgIpc) is 3.34. The molecule has 8 nitrogen and oxygen atoms in total. The van der Waals surface area contributed by atoms with Gasteiger partial charge in [0.25, 0.3) is 0 Å². The molecule has 1 atom stereocenters. The average molecular weight is 369 g/mol. The minimum absolute atomic E-state index is 0.157. The van der Waals surface area contributed by atoms with Gasteiger partial charge in [0.1, 0.15) is 18.3 Å². The van der Waals surface area contributed by atoms with Gasteiger partial charge in [-0.3, -0.25) is 9.58 Å². The maximum atomic E-state index is 6.24. The molecule has 0 aliphatic carbocycles. The van der Waals surface area contributed by atoms with Crippen molar-refractivity contribution in [2.75, 3.05) is 19.6 Å². The van der Waals surface area contributed by atoms with Crippen LogP contribution in [0.2, 0.25) is 0 Å². The van der Waals surface area contributed by atoms with Crippen LogP contribution in [0.25, 0.3) is 22.6 Å². The zero-order valence-electron chi connectivity index (χ0n) is 16.5. The Morgan fingerprint density at radius 2 is 2.11 bits per heavy atom. The Morgan fingerprint density at radius 1 is 1.26 bits per heavy atom. The lowest BCUT2D eigenvalue weighted by Crippen LogP contribution is -2.25. The van der Waals surface area contributed by atoms with Gasteiger partial charge < -0.3 is 9.30 Å². The molecule has 8 heteroatoms. The third-order valence-electron chi connectivity index (χ3n) is 5.31. The molecule has 1 unspecified atom stereocenters. The smallest absolute Gasteiger partial charge is 0.245 e. The summed E-state index contributed by atoms with van der Waals surface area (Å²) in [6.45, 7) is 10.3. The number of fused-ring (bicyclic) bond motifs is 1. The van der Waals surface area contributed by atoms with E-state index in [0.717, 1.165) is 55.3 Å². The molecule has 0 amide bonds. The van der Waals surface area contributed by atoms with Crippen LogP contribution in [0.4, 0.5) is 0 Å². The van der Waals surface area contributed by atoms with Gasteiger partial charge in [0, 0.05) is 32.4 Å². The summed E-state index contributed by atoms with van der Waals surface area (Å²) in [6.07, 6.45) is 5.77. The van der Waals surface area contributed by atoms with Crippen LogP contribution in [0.5, 0.6) is 5.88 Å². The fourth-order valence-corrected chi connectivity index (χ4v) is 3.86. The van der Waals surface area contributed by atoms with Crippen molar-refractivity contribution in [1.29, 1.82) is 0 Å². The third kappa shape index (κ3) is 3.18. The molecule has 0 aromatic carbocycles. The molecule has 0 radical (unpaired) electrons. The molecule has 1 saturated heterocycles. The number of hydrogen-bond donors (Lipinski definition) is 0. The topological polar surface area (TPSA) is 73.9 Å². The summed E-state index contributed by atoms with van der Waals surface area (Å²) < 4.78 is 10.2. The van der Waals surface area contributed by atoms with Crippen LogP contribution in [0.1, 0.15) is 32.4 Å². The zero-order valence-corrected chi connectivity index (χ0v) is 16.5. The molecule has 0 spiro atoms. The largest absolute Gasteiger partial charge is 0.471 e. The lowest BCUT2D eigenvalue weighted by molar-refractivity contribution is 0.195. The molecule has 1 fully saturated rings. The van der Waals surface area contributed by atoms with E-state index < -0.39 is 0 Å². The SMILES string of the molecule is CCCN1CCC(Oc2ncnc3c2nc(-c2cnn(CC)c2C)n3C)C1. The van der Waals surface area contributed by atoms with Crippen LogP contribution in [-0.4, -0.2) is 59.9 Å². The van der Waals surface area contributed by atoms with E-state index in [-0.39, 0.29) is 6.10 Å². The van der Waals surface area contributed by atoms with E-state index in [4.69, 9.17) is 9.72 Å². The van der Waals surface area contributed by atoms with Crippen LogP contribution >= 0.6 is 0 Å². The summed E-state index contributed by atoms with van der Waals surface area (Å²) in [5, 5.41) is 4.44. The molecule has 3 aromatic heterocycles. The molecule has 4 rings (SSSR count). The summed E-state index contributed by atoms with van der Waals surface area (Å²) >= 11 is 0. The Kier molecular flexibility index (Phi) is 4.82. The summed E-state index contributed by atoms with van der Waals surface area (Å²) in [5.41, 5.74) is 3.60. The van der Waals surface area contributed by atoms with Crippen molar-refractivity contribution < 1.29 is 4.74 Å². The highest BCUT2D eigenvalue weighted by Crippen LogP contribution is 2.29. The fraction of sp³-hybridized carbons (Fsp3) is 0.579. The predicted molar refractivity (Wildman–Crippen MR) is 104 cm³/mol. The lowest BCUT2D eigenvalue weighted by atomic mass is 10.2. The highest BCUT2D eigenvalue weighted by Gasteiger charge is 2.26. The number of nitrogens with zero attached hydrogens (tertiary/aromatic N) is 7. The second-order valence-electron chi connectivity index (χ2n) is 7.13. The minimum Gasteiger partial charge on any atom is -0.471 e. The number of hydrogen-bond acceptors (Lipinski definition) is 6. The highest BCUT2D eigenvalue weighted by molar-refractivity contribution is 5.81. The van der Waals surface area contributed by atoms with Crippen molar-refractivity contribution in [3.05, 3.63) is 18.2 Å². The van der Waals surface area contributed by atoms with Gasteiger partial charge in [-0.1, -0.05) is 6.92 Å². The monoisotopic (exact) mass is 369 g/mol. The molecule has 1 aliphatic rings. The van der Waals surface area contributed by atoms with E-state index in [1.165, 1.54) is 6.42 Å². The van der Waals surface area contributed by atoms with Gasteiger partial charge >= 0.3 is 0 Å². The number of ether oxygens (including phenoxy) is 1. The van der Waals surface area contributed by atoms with Gasteiger partial charge in [-0.25, -0.2) is 9.97 Å². The molecule has 4 heterocycles. The Balaban J connectivity index is 1.67. The van der Waals surface area contributed by atoms with E-state index in [2.05, 4.69) is 40.7 Å². The second-order valence-corrected chi connectivity index (χ2v) is 7.13. The quantitative estimate of drug-likeness (QED) is 0.664. The molecule has 3 aromatic rings. The van der Waals surface area contributed by atoms with Crippen LogP contribution < -0.4 is 4.74 Å². The zero-order chi connectivity index (χ0) is 19.0. The molecule has 0 saturated carbocycles. The first-order valence-electron chi connectivity index (χ1n) is 9.71. The molecule has 27 heavy (non-hydrogen) atoms. The number of likely N-dealkylation sites (tertiary alicyclic amines) is 1. The number of aromatic nitrogens is 6. The van der Waals surface area contributed by atoms with Crippen LogP contribution in [0.15, 0.2) is 12.5 Å². The van der Waals surface area contributed by atoms with Crippen LogP contribution in [0, 0.1) is 6.92 Å². The third-order valence-corrected chi connectivity index (χ3v) is 5.31. The van der Waals surface area contributed by atoms with Crippen LogP contribution in [-0.2, 0) is 13.6 Å². The van der Waals surface area contributed by atoms with Crippen molar-refractivity contribution in [3.8, 4) is 17.3 Å². The summed E-state index contributed by atoms with van der Waals surface area (Å²) in [6, 6.07) is 0. The maximum Gasteiger partial charge on any atom is 0.245 e. The van der Waals surface area contributed by atoms with Crippen LogP contribution in [0.3, 0.4) is 0 Å². The Labute approximate surface area is 159 Å². The normalized spacial score (nSPS) is 17.9. The molecular weight excluding hydrogens is 342 g/mol. The van der Waals surface area contributed by atoms with E-state index in [9.17, 15) is 0 Å². The van der Waals surface area contributed by atoms with Gasteiger partial charge in [-0.15, -0.1) is 0 Å². The molecular formula is C19H27N7O. The first kappa shape index (κ1) is 17.9. The van der Waals surface area contributed by atoms with Gasteiger partial charge in [-0.05, 0) is 33.2 Å². The van der Waals surface area contributed by atoms with E-state index in [0.29, 0.717) is 11.4 Å². The van der Waals surface area contributed by atoms with Gasteiger partial charge in [-0.2, -0.15) is 10.1 Å². The van der Waals surface area contributed by atoms with Crippen molar-refractivity contribution >= 4 is 11.2 Å². The van der Waals surface area contributed by atoms with Gasteiger partial charge in [0.2, 0.25) is 5.88 Å². The summed E-state index contributed by atoms with van der Waals surface area (Å²) in [7, 11) is 1.97.